The molecule has 0 amide bonds. The predicted molar refractivity (Wildman–Crippen MR) is 122 cm³/mol. The van der Waals surface area contributed by atoms with Crippen molar-refractivity contribution in [3.05, 3.63) is 71.3 Å². The summed E-state index contributed by atoms with van der Waals surface area (Å²) in [6.07, 6.45) is 4.31. The number of hydrogen-bond donors (Lipinski definition) is 3. The molecule has 178 valence electrons. The molecule has 4 N–H and O–H groups in total. The standard InChI is InChI=1S/C25H26F2N4O3/c1-13-8-14(10-21(33)25(13,2)34)16-6-7-29-11-15(16)9-20(32)23-19(28)12-30-24(31-23)22-17(26)4-3-5-18(22)27/h3-7,11-14,21,33-34H,8-10,28H2,1-2H3/t13-,14+,21+,25+/m1/s1. The SMILES string of the molecule is C[C@@H]1C[C@H](c2ccncc2CC(=O)c2nc(-c3c(F)cccc3F)ncc2N)C[C@H](O)[C@@]1(C)O. The monoisotopic (exact) mass is 468 g/mol. The number of carbonyl (C=O) groups is 1. The molecule has 1 saturated carbocycles. The number of aliphatic hydroxyl groups excluding tert-OH is 1. The number of rotatable bonds is 5. The molecule has 4 rings (SSSR count). The van der Waals surface area contributed by atoms with Crippen LogP contribution in [0.5, 0.6) is 0 Å². The topological polar surface area (TPSA) is 122 Å². The van der Waals surface area contributed by atoms with Gasteiger partial charge in [0.1, 0.15) is 17.3 Å². The summed E-state index contributed by atoms with van der Waals surface area (Å²) in [5.41, 5.74) is 5.65. The van der Waals surface area contributed by atoms with E-state index in [1.165, 1.54) is 6.07 Å². The van der Waals surface area contributed by atoms with Gasteiger partial charge in [0.25, 0.3) is 0 Å². The van der Waals surface area contributed by atoms with E-state index in [-0.39, 0.29) is 35.5 Å². The van der Waals surface area contributed by atoms with Crippen LogP contribution < -0.4 is 5.73 Å². The zero-order valence-corrected chi connectivity index (χ0v) is 18.9. The summed E-state index contributed by atoms with van der Waals surface area (Å²) in [6.45, 7) is 3.51. The summed E-state index contributed by atoms with van der Waals surface area (Å²) < 4.78 is 28.4. The van der Waals surface area contributed by atoms with Gasteiger partial charge in [0.2, 0.25) is 0 Å². The molecule has 0 spiro atoms. The Balaban J connectivity index is 1.64. The Labute approximate surface area is 195 Å². The van der Waals surface area contributed by atoms with Crippen molar-refractivity contribution in [1.82, 2.24) is 15.0 Å². The third-order valence-corrected chi connectivity index (χ3v) is 6.82. The summed E-state index contributed by atoms with van der Waals surface area (Å²) in [7, 11) is 0. The fourth-order valence-corrected chi connectivity index (χ4v) is 4.54. The van der Waals surface area contributed by atoms with Crippen molar-refractivity contribution in [2.24, 2.45) is 5.92 Å². The summed E-state index contributed by atoms with van der Waals surface area (Å²) >= 11 is 0. The van der Waals surface area contributed by atoms with Crippen molar-refractivity contribution in [3.63, 3.8) is 0 Å². The molecule has 0 bridgehead atoms. The number of benzene rings is 1. The third-order valence-electron chi connectivity index (χ3n) is 6.82. The lowest BCUT2D eigenvalue weighted by Gasteiger charge is -2.43. The van der Waals surface area contributed by atoms with Gasteiger partial charge in [-0.2, -0.15) is 0 Å². The number of nitrogens with zero attached hydrogens (tertiary/aromatic N) is 3. The van der Waals surface area contributed by atoms with E-state index in [1.54, 1.807) is 25.4 Å². The minimum absolute atomic E-state index is 0.00584. The Kier molecular flexibility index (Phi) is 6.42. The van der Waals surface area contributed by atoms with Crippen LogP contribution in [-0.2, 0) is 6.42 Å². The molecule has 0 aliphatic heterocycles. The van der Waals surface area contributed by atoms with E-state index >= 15 is 0 Å². The number of hydrogen-bond acceptors (Lipinski definition) is 7. The number of anilines is 1. The van der Waals surface area contributed by atoms with E-state index in [2.05, 4.69) is 15.0 Å². The van der Waals surface area contributed by atoms with Crippen molar-refractivity contribution < 1.29 is 23.8 Å². The number of nitrogens with two attached hydrogens (primary N) is 1. The average Bonchev–Trinajstić information content (AvgIpc) is 2.78. The third kappa shape index (κ3) is 4.41. The maximum Gasteiger partial charge on any atom is 0.187 e. The zero-order chi connectivity index (χ0) is 24.6. The lowest BCUT2D eigenvalue weighted by atomic mass is 9.68. The van der Waals surface area contributed by atoms with Crippen LogP contribution >= 0.6 is 0 Å². The first-order chi connectivity index (χ1) is 16.1. The van der Waals surface area contributed by atoms with E-state index < -0.39 is 34.7 Å². The normalized spacial score (nSPS) is 24.7. The number of nitrogen functional groups attached to an aromatic ring is 1. The van der Waals surface area contributed by atoms with Crippen LogP contribution in [0.1, 0.15) is 54.2 Å². The first-order valence-corrected chi connectivity index (χ1v) is 11.0. The van der Waals surface area contributed by atoms with E-state index in [1.807, 2.05) is 6.92 Å². The van der Waals surface area contributed by atoms with Crippen molar-refractivity contribution in [3.8, 4) is 11.4 Å². The van der Waals surface area contributed by atoms with Crippen LogP contribution in [0, 0.1) is 17.6 Å². The van der Waals surface area contributed by atoms with Gasteiger partial charge in [0.15, 0.2) is 11.6 Å². The van der Waals surface area contributed by atoms with Crippen LogP contribution in [0.2, 0.25) is 0 Å². The molecule has 2 heterocycles. The highest BCUT2D eigenvalue weighted by Crippen LogP contribution is 2.42. The first-order valence-electron chi connectivity index (χ1n) is 11.0. The average molecular weight is 469 g/mol. The quantitative estimate of drug-likeness (QED) is 0.490. The van der Waals surface area contributed by atoms with E-state index in [4.69, 9.17) is 5.73 Å². The van der Waals surface area contributed by atoms with Gasteiger partial charge in [0.05, 0.1) is 29.2 Å². The van der Waals surface area contributed by atoms with Gasteiger partial charge in [-0.15, -0.1) is 0 Å². The highest BCUT2D eigenvalue weighted by Gasteiger charge is 2.43. The molecular formula is C25H26F2N4O3. The molecule has 1 aliphatic rings. The van der Waals surface area contributed by atoms with Gasteiger partial charge >= 0.3 is 0 Å². The second kappa shape index (κ2) is 9.15. The molecule has 1 fully saturated rings. The Morgan fingerprint density at radius 2 is 1.91 bits per heavy atom. The predicted octanol–water partition coefficient (Wildman–Crippen LogP) is 3.45. The Morgan fingerprint density at radius 3 is 2.59 bits per heavy atom. The highest BCUT2D eigenvalue weighted by atomic mass is 19.1. The summed E-state index contributed by atoms with van der Waals surface area (Å²) in [4.78, 5) is 25.3. The van der Waals surface area contributed by atoms with Crippen LogP contribution in [0.25, 0.3) is 11.4 Å². The van der Waals surface area contributed by atoms with Crippen molar-refractivity contribution in [2.75, 3.05) is 5.73 Å². The molecule has 7 nitrogen and oxygen atoms in total. The fourth-order valence-electron chi connectivity index (χ4n) is 4.54. The van der Waals surface area contributed by atoms with Crippen LogP contribution in [0.4, 0.5) is 14.5 Å². The number of pyridine rings is 1. The molecule has 4 atom stereocenters. The molecular weight excluding hydrogens is 442 g/mol. The smallest absolute Gasteiger partial charge is 0.187 e. The van der Waals surface area contributed by atoms with Crippen molar-refractivity contribution in [2.45, 2.75) is 50.7 Å². The fraction of sp³-hybridized carbons (Fsp3) is 0.360. The van der Waals surface area contributed by atoms with Crippen LogP contribution in [0.15, 0.2) is 42.9 Å². The Hall–Kier alpha value is -3.30. The molecule has 1 aliphatic carbocycles. The number of aromatic nitrogens is 3. The molecule has 3 aromatic rings. The zero-order valence-electron chi connectivity index (χ0n) is 18.9. The molecule has 2 aromatic heterocycles. The minimum atomic E-state index is -1.19. The molecule has 0 saturated heterocycles. The van der Waals surface area contributed by atoms with Gasteiger partial charge in [-0.1, -0.05) is 13.0 Å². The lowest BCUT2D eigenvalue weighted by molar-refractivity contribution is -0.123. The summed E-state index contributed by atoms with van der Waals surface area (Å²) in [5.74, 6) is -2.66. The van der Waals surface area contributed by atoms with Crippen molar-refractivity contribution in [1.29, 1.82) is 0 Å². The Morgan fingerprint density at radius 1 is 1.21 bits per heavy atom. The largest absolute Gasteiger partial charge is 0.396 e. The second-order valence-corrected chi connectivity index (χ2v) is 9.08. The lowest BCUT2D eigenvalue weighted by Crippen LogP contribution is -2.49. The molecule has 9 heteroatoms. The van der Waals surface area contributed by atoms with Crippen molar-refractivity contribution >= 4 is 11.5 Å². The number of Topliss-reactive ketones (excluding diaryl/α,β-unsaturated/α-hetero) is 1. The number of carbonyl (C=O) groups excluding carboxylic acids is 1. The van der Waals surface area contributed by atoms with E-state index in [0.717, 1.165) is 23.9 Å². The van der Waals surface area contributed by atoms with Crippen LogP contribution in [0.3, 0.4) is 0 Å². The van der Waals surface area contributed by atoms with Gasteiger partial charge in [0, 0.05) is 18.8 Å². The molecule has 1 aromatic carbocycles. The van der Waals surface area contributed by atoms with Gasteiger partial charge in [-0.05, 0) is 60.9 Å². The van der Waals surface area contributed by atoms with E-state index in [9.17, 15) is 23.8 Å². The first kappa shape index (κ1) is 23.8. The maximum absolute atomic E-state index is 14.2. The number of aliphatic hydroxyl groups is 2. The maximum atomic E-state index is 14.2. The summed E-state index contributed by atoms with van der Waals surface area (Å²) in [5, 5.41) is 21.0. The second-order valence-electron chi connectivity index (χ2n) is 9.08. The summed E-state index contributed by atoms with van der Waals surface area (Å²) in [6, 6.07) is 5.19. The van der Waals surface area contributed by atoms with Gasteiger partial charge in [-0.25, -0.2) is 18.7 Å². The van der Waals surface area contributed by atoms with Gasteiger partial charge < -0.3 is 15.9 Å². The Bertz CT molecular complexity index is 1200. The van der Waals surface area contributed by atoms with Crippen LogP contribution in [-0.4, -0.2) is 42.7 Å². The molecule has 0 radical (unpaired) electrons. The van der Waals surface area contributed by atoms with Gasteiger partial charge in [-0.3, -0.25) is 9.78 Å². The van der Waals surface area contributed by atoms with E-state index in [0.29, 0.717) is 18.4 Å². The molecule has 0 unspecified atom stereocenters. The minimum Gasteiger partial charge on any atom is -0.396 e. The highest BCUT2D eigenvalue weighted by molar-refractivity contribution is 6.00. The number of halogens is 2. The molecule has 34 heavy (non-hydrogen) atoms. The number of ketones is 1.